The highest BCUT2D eigenvalue weighted by Crippen LogP contribution is 2.23. The maximum absolute atomic E-state index is 12.5. The predicted octanol–water partition coefficient (Wildman–Crippen LogP) is 5.32. The first-order chi connectivity index (χ1) is 13.7. The standard InChI is InChI=1S/C23H27N3O3/c1-15(2)21-25-20(29-26-21)14-28-19-12-10-18(11-13-19)24-22(27)16-6-8-17(9-7-16)23(3,4)5/h6-13,15H,14H2,1-5H3,(H,24,27). The van der Waals surface area contributed by atoms with Gasteiger partial charge in [0.05, 0.1) is 0 Å². The number of amides is 1. The highest BCUT2D eigenvalue weighted by Gasteiger charge is 2.14. The normalized spacial score (nSPS) is 11.5. The fraction of sp³-hybridized carbons (Fsp3) is 0.348. The van der Waals surface area contributed by atoms with Crippen molar-refractivity contribution in [3.05, 3.63) is 71.4 Å². The molecule has 0 aliphatic carbocycles. The Balaban J connectivity index is 1.56. The minimum atomic E-state index is -0.147. The number of rotatable bonds is 6. The molecule has 0 aliphatic heterocycles. The van der Waals surface area contributed by atoms with Crippen molar-refractivity contribution in [3.63, 3.8) is 0 Å². The fourth-order valence-electron chi connectivity index (χ4n) is 2.67. The smallest absolute Gasteiger partial charge is 0.264 e. The van der Waals surface area contributed by atoms with Gasteiger partial charge in [-0.05, 0) is 47.4 Å². The molecule has 3 aromatic rings. The molecule has 1 N–H and O–H groups in total. The first kappa shape index (κ1) is 20.6. The van der Waals surface area contributed by atoms with Crippen LogP contribution in [-0.4, -0.2) is 16.0 Å². The van der Waals surface area contributed by atoms with E-state index in [1.54, 1.807) is 24.3 Å². The number of anilines is 1. The van der Waals surface area contributed by atoms with E-state index in [0.717, 1.165) is 0 Å². The SMILES string of the molecule is CC(C)c1noc(COc2ccc(NC(=O)c3ccc(C(C)(C)C)cc3)cc2)n1. The van der Waals surface area contributed by atoms with Gasteiger partial charge in [0.15, 0.2) is 12.4 Å². The van der Waals surface area contributed by atoms with E-state index in [1.165, 1.54) is 5.56 Å². The third kappa shape index (κ3) is 5.44. The molecule has 0 aliphatic rings. The average Bonchev–Trinajstić information content (AvgIpc) is 3.16. The number of carbonyl (C=O) groups excluding carboxylic acids is 1. The Morgan fingerprint density at radius 2 is 1.72 bits per heavy atom. The summed E-state index contributed by atoms with van der Waals surface area (Å²) < 4.78 is 10.8. The highest BCUT2D eigenvalue weighted by molar-refractivity contribution is 6.04. The van der Waals surface area contributed by atoms with Gasteiger partial charge in [0, 0.05) is 17.2 Å². The lowest BCUT2D eigenvalue weighted by Gasteiger charge is -2.19. The van der Waals surface area contributed by atoms with Crippen LogP contribution in [0.1, 0.15) is 68.2 Å². The summed E-state index contributed by atoms with van der Waals surface area (Å²) >= 11 is 0. The molecule has 1 heterocycles. The lowest BCUT2D eigenvalue weighted by Crippen LogP contribution is -2.14. The van der Waals surface area contributed by atoms with Gasteiger partial charge in [0.1, 0.15) is 5.75 Å². The highest BCUT2D eigenvalue weighted by atomic mass is 16.5. The van der Waals surface area contributed by atoms with E-state index in [0.29, 0.717) is 28.7 Å². The van der Waals surface area contributed by atoms with Crippen molar-refractivity contribution in [2.45, 2.75) is 52.6 Å². The number of hydrogen-bond donors (Lipinski definition) is 1. The number of ether oxygens (including phenoxy) is 1. The molecule has 0 bridgehead atoms. The summed E-state index contributed by atoms with van der Waals surface area (Å²) in [5, 5.41) is 6.81. The summed E-state index contributed by atoms with van der Waals surface area (Å²) in [5.41, 5.74) is 2.57. The number of aromatic nitrogens is 2. The Bertz CT molecular complexity index is 952. The molecule has 0 fully saturated rings. The van der Waals surface area contributed by atoms with E-state index in [4.69, 9.17) is 9.26 Å². The van der Waals surface area contributed by atoms with Gasteiger partial charge in [0.2, 0.25) is 0 Å². The Hall–Kier alpha value is -3.15. The van der Waals surface area contributed by atoms with Crippen molar-refractivity contribution in [2.24, 2.45) is 0 Å². The van der Waals surface area contributed by atoms with Crippen molar-refractivity contribution in [1.29, 1.82) is 0 Å². The van der Waals surface area contributed by atoms with Gasteiger partial charge < -0.3 is 14.6 Å². The molecular formula is C23H27N3O3. The number of hydrogen-bond acceptors (Lipinski definition) is 5. The molecule has 2 aromatic carbocycles. The van der Waals surface area contributed by atoms with E-state index in [1.807, 2.05) is 38.1 Å². The summed E-state index contributed by atoms with van der Waals surface area (Å²) in [5.74, 6) is 1.81. The molecule has 0 unspecified atom stereocenters. The van der Waals surface area contributed by atoms with Crippen molar-refractivity contribution in [2.75, 3.05) is 5.32 Å². The van der Waals surface area contributed by atoms with Crippen LogP contribution in [0.4, 0.5) is 5.69 Å². The van der Waals surface area contributed by atoms with Crippen molar-refractivity contribution >= 4 is 11.6 Å². The van der Waals surface area contributed by atoms with Crippen LogP contribution in [0.3, 0.4) is 0 Å². The van der Waals surface area contributed by atoms with E-state index < -0.39 is 0 Å². The molecule has 0 radical (unpaired) electrons. The molecule has 6 nitrogen and oxygen atoms in total. The second-order valence-electron chi connectivity index (χ2n) is 8.30. The summed E-state index contributed by atoms with van der Waals surface area (Å²) in [6, 6.07) is 14.9. The minimum absolute atomic E-state index is 0.0580. The number of nitrogens with zero attached hydrogens (tertiary/aromatic N) is 2. The van der Waals surface area contributed by atoms with Crippen LogP contribution in [0.15, 0.2) is 53.1 Å². The molecule has 1 aromatic heterocycles. The first-order valence-electron chi connectivity index (χ1n) is 9.69. The molecule has 152 valence electrons. The summed E-state index contributed by atoms with van der Waals surface area (Å²) in [4.78, 5) is 16.7. The van der Waals surface area contributed by atoms with Crippen LogP contribution >= 0.6 is 0 Å². The van der Waals surface area contributed by atoms with Gasteiger partial charge in [0.25, 0.3) is 11.8 Å². The second kappa shape index (κ2) is 8.47. The topological polar surface area (TPSA) is 77.3 Å². The van der Waals surface area contributed by atoms with E-state index in [2.05, 4.69) is 36.2 Å². The number of nitrogens with one attached hydrogen (secondary N) is 1. The van der Waals surface area contributed by atoms with Gasteiger partial charge in [-0.2, -0.15) is 4.98 Å². The van der Waals surface area contributed by atoms with Gasteiger partial charge >= 0.3 is 0 Å². The molecular weight excluding hydrogens is 366 g/mol. The van der Waals surface area contributed by atoms with Gasteiger partial charge in [-0.15, -0.1) is 0 Å². The van der Waals surface area contributed by atoms with Crippen LogP contribution < -0.4 is 10.1 Å². The monoisotopic (exact) mass is 393 g/mol. The largest absolute Gasteiger partial charge is 0.484 e. The number of carbonyl (C=O) groups is 1. The van der Waals surface area contributed by atoms with Crippen LogP contribution in [-0.2, 0) is 12.0 Å². The molecule has 3 rings (SSSR count). The van der Waals surface area contributed by atoms with Gasteiger partial charge in [-0.1, -0.05) is 51.9 Å². The van der Waals surface area contributed by atoms with E-state index >= 15 is 0 Å². The Kier molecular flexibility index (Phi) is 6.01. The lowest BCUT2D eigenvalue weighted by atomic mass is 9.87. The first-order valence-corrected chi connectivity index (χ1v) is 9.69. The Morgan fingerprint density at radius 1 is 1.07 bits per heavy atom. The second-order valence-corrected chi connectivity index (χ2v) is 8.30. The van der Waals surface area contributed by atoms with Crippen molar-refractivity contribution in [3.8, 4) is 5.75 Å². The minimum Gasteiger partial charge on any atom is -0.484 e. The molecule has 6 heteroatoms. The summed E-state index contributed by atoms with van der Waals surface area (Å²) in [6.07, 6.45) is 0. The quantitative estimate of drug-likeness (QED) is 0.613. The molecule has 0 atom stereocenters. The summed E-state index contributed by atoms with van der Waals surface area (Å²) in [6.45, 7) is 10.6. The van der Waals surface area contributed by atoms with Crippen molar-refractivity contribution in [1.82, 2.24) is 10.1 Å². The van der Waals surface area contributed by atoms with Crippen LogP contribution in [0.5, 0.6) is 5.75 Å². The maximum Gasteiger partial charge on any atom is 0.264 e. The molecule has 0 saturated carbocycles. The average molecular weight is 393 g/mol. The molecule has 0 saturated heterocycles. The Labute approximate surface area is 171 Å². The van der Waals surface area contributed by atoms with Crippen LogP contribution in [0, 0.1) is 0 Å². The predicted molar refractivity (Wildman–Crippen MR) is 112 cm³/mol. The number of benzene rings is 2. The van der Waals surface area contributed by atoms with Crippen molar-refractivity contribution < 1.29 is 14.1 Å². The zero-order valence-corrected chi connectivity index (χ0v) is 17.5. The molecule has 0 spiro atoms. The third-order valence-corrected chi connectivity index (χ3v) is 4.49. The van der Waals surface area contributed by atoms with Gasteiger partial charge in [-0.25, -0.2) is 0 Å². The van der Waals surface area contributed by atoms with Crippen LogP contribution in [0.2, 0.25) is 0 Å². The fourth-order valence-corrected chi connectivity index (χ4v) is 2.67. The molecule has 1 amide bonds. The van der Waals surface area contributed by atoms with Crippen LogP contribution in [0.25, 0.3) is 0 Å². The summed E-state index contributed by atoms with van der Waals surface area (Å²) in [7, 11) is 0. The zero-order chi connectivity index (χ0) is 21.0. The van der Waals surface area contributed by atoms with E-state index in [-0.39, 0.29) is 23.8 Å². The molecule has 29 heavy (non-hydrogen) atoms. The lowest BCUT2D eigenvalue weighted by molar-refractivity contribution is 0.102. The third-order valence-electron chi connectivity index (χ3n) is 4.49. The van der Waals surface area contributed by atoms with E-state index in [9.17, 15) is 4.79 Å². The Morgan fingerprint density at radius 3 is 2.28 bits per heavy atom. The van der Waals surface area contributed by atoms with Gasteiger partial charge in [-0.3, -0.25) is 4.79 Å². The maximum atomic E-state index is 12.5. The zero-order valence-electron chi connectivity index (χ0n) is 17.5.